The van der Waals surface area contributed by atoms with Gasteiger partial charge in [-0.1, -0.05) is 20.8 Å². The summed E-state index contributed by atoms with van der Waals surface area (Å²) in [4.78, 5) is 0. The van der Waals surface area contributed by atoms with Crippen LogP contribution >= 0.6 is 0 Å². The fourth-order valence-corrected chi connectivity index (χ4v) is 1.30. The maximum Gasteiger partial charge on any atom is 0.0494 e. The van der Waals surface area contributed by atoms with E-state index in [9.17, 15) is 0 Å². The molecule has 0 aliphatic carbocycles. The third kappa shape index (κ3) is 1.45. The minimum Gasteiger partial charge on any atom is -0.381 e. The van der Waals surface area contributed by atoms with E-state index in [1.54, 1.807) is 0 Å². The molecule has 0 N–H and O–H groups in total. The Morgan fingerprint density at radius 2 is 1.44 bits per heavy atom. The highest BCUT2D eigenvalue weighted by Gasteiger charge is 2.23. The average Bonchev–Trinajstić information content (AvgIpc) is 1.83. The van der Waals surface area contributed by atoms with Crippen molar-refractivity contribution in [1.29, 1.82) is 0 Å². The lowest BCUT2D eigenvalue weighted by Crippen LogP contribution is -2.30. The second-order valence-corrected chi connectivity index (χ2v) is 3.35. The van der Waals surface area contributed by atoms with E-state index in [4.69, 9.17) is 4.74 Å². The van der Waals surface area contributed by atoms with Crippen molar-refractivity contribution in [2.45, 2.75) is 20.8 Å². The van der Waals surface area contributed by atoms with E-state index >= 15 is 0 Å². The Morgan fingerprint density at radius 3 is 1.78 bits per heavy atom. The smallest absolute Gasteiger partial charge is 0.0494 e. The third-order valence-electron chi connectivity index (χ3n) is 2.56. The van der Waals surface area contributed by atoms with Gasteiger partial charge in [0.2, 0.25) is 0 Å². The van der Waals surface area contributed by atoms with E-state index in [2.05, 4.69) is 20.8 Å². The van der Waals surface area contributed by atoms with Gasteiger partial charge in [0, 0.05) is 13.2 Å². The van der Waals surface area contributed by atoms with Gasteiger partial charge in [0.05, 0.1) is 0 Å². The fraction of sp³-hybridized carbons (Fsp3) is 1.00. The topological polar surface area (TPSA) is 9.23 Å². The lowest BCUT2D eigenvalue weighted by Gasteiger charge is -2.31. The van der Waals surface area contributed by atoms with Gasteiger partial charge in [-0.25, -0.2) is 0 Å². The monoisotopic (exact) mass is 128 g/mol. The minimum absolute atomic E-state index is 0.758. The molecule has 0 saturated carbocycles. The summed E-state index contributed by atoms with van der Waals surface area (Å²) in [5, 5.41) is 0. The lowest BCUT2D eigenvalue weighted by molar-refractivity contribution is -0.00914. The van der Waals surface area contributed by atoms with Crippen LogP contribution in [0, 0.1) is 17.8 Å². The molecule has 1 heteroatoms. The van der Waals surface area contributed by atoms with Gasteiger partial charge in [0.25, 0.3) is 0 Å². The van der Waals surface area contributed by atoms with Gasteiger partial charge in [-0.15, -0.1) is 0 Å². The molecule has 1 heterocycles. The van der Waals surface area contributed by atoms with Crippen LogP contribution in [0.5, 0.6) is 0 Å². The van der Waals surface area contributed by atoms with Crippen LogP contribution in [0.1, 0.15) is 20.8 Å². The molecule has 0 aromatic heterocycles. The molecule has 0 unspecified atom stereocenters. The molecule has 2 atom stereocenters. The summed E-state index contributed by atoms with van der Waals surface area (Å²) in [5.74, 6) is 2.36. The Morgan fingerprint density at radius 1 is 1.00 bits per heavy atom. The molecular weight excluding hydrogens is 112 g/mol. The molecule has 9 heavy (non-hydrogen) atoms. The Hall–Kier alpha value is -0.0400. The van der Waals surface area contributed by atoms with Crippen molar-refractivity contribution in [2.24, 2.45) is 17.8 Å². The first-order valence-corrected chi connectivity index (χ1v) is 3.79. The molecule has 1 aliphatic rings. The van der Waals surface area contributed by atoms with Crippen molar-refractivity contribution >= 4 is 0 Å². The number of hydrogen-bond donors (Lipinski definition) is 0. The Bertz CT molecular complexity index is 80.6. The van der Waals surface area contributed by atoms with Crippen molar-refractivity contribution in [3.63, 3.8) is 0 Å². The van der Waals surface area contributed by atoms with Gasteiger partial charge < -0.3 is 4.74 Å². The summed E-state index contributed by atoms with van der Waals surface area (Å²) >= 11 is 0. The summed E-state index contributed by atoms with van der Waals surface area (Å²) in [7, 11) is 0. The molecule has 1 nitrogen and oxygen atoms in total. The third-order valence-corrected chi connectivity index (χ3v) is 2.56. The summed E-state index contributed by atoms with van der Waals surface area (Å²) < 4.78 is 5.36. The molecule has 0 bridgehead atoms. The highest BCUT2D eigenvalue weighted by atomic mass is 16.5. The average molecular weight is 128 g/mol. The molecule has 0 aromatic carbocycles. The van der Waals surface area contributed by atoms with Crippen LogP contribution in [-0.2, 0) is 4.74 Å². The predicted molar refractivity (Wildman–Crippen MR) is 38.3 cm³/mol. The molecule has 1 rings (SSSR count). The second kappa shape index (κ2) is 2.70. The molecule has 1 aliphatic heterocycles. The van der Waals surface area contributed by atoms with E-state index < -0.39 is 0 Å². The molecule has 0 amide bonds. The van der Waals surface area contributed by atoms with Crippen LogP contribution in [0.25, 0.3) is 0 Å². The SMILES string of the molecule is CC1[C@@H](C)COC[C@@H]1C. The molecule has 0 radical (unpaired) electrons. The van der Waals surface area contributed by atoms with E-state index in [1.165, 1.54) is 0 Å². The van der Waals surface area contributed by atoms with E-state index in [-0.39, 0.29) is 0 Å². The molecular formula is C8H16O. The molecule has 0 spiro atoms. The summed E-state index contributed by atoms with van der Waals surface area (Å²) in [6.07, 6.45) is 0. The molecule has 0 aromatic rings. The summed E-state index contributed by atoms with van der Waals surface area (Å²) in [5.41, 5.74) is 0. The standard InChI is InChI=1S/C8H16O/c1-6-4-9-5-7(2)8(6)3/h6-8H,4-5H2,1-3H3/t6-,7-/m0/s1. The molecule has 54 valence electrons. The van der Waals surface area contributed by atoms with E-state index in [1.807, 2.05) is 0 Å². The zero-order valence-electron chi connectivity index (χ0n) is 6.55. The summed E-state index contributed by atoms with van der Waals surface area (Å²) in [6, 6.07) is 0. The first-order chi connectivity index (χ1) is 4.22. The maximum atomic E-state index is 5.36. The van der Waals surface area contributed by atoms with Gasteiger partial charge in [0.15, 0.2) is 0 Å². The normalized spacial score (nSPS) is 39.0. The Kier molecular flexibility index (Phi) is 2.12. The van der Waals surface area contributed by atoms with E-state index in [0.717, 1.165) is 31.0 Å². The largest absolute Gasteiger partial charge is 0.381 e. The van der Waals surface area contributed by atoms with Gasteiger partial charge >= 0.3 is 0 Å². The first-order valence-electron chi connectivity index (χ1n) is 3.79. The molecule has 1 saturated heterocycles. The van der Waals surface area contributed by atoms with Crippen LogP contribution < -0.4 is 0 Å². The Labute approximate surface area is 57.4 Å². The van der Waals surface area contributed by atoms with Gasteiger partial charge in [0.1, 0.15) is 0 Å². The number of rotatable bonds is 0. The van der Waals surface area contributed by atoms with Crippen molar-refractivity contribution in [2.75, 3.05) is 13.2 Å². The van der Waals surface area contributed by atoms with Crippen molar-refractivity contribution in [1.82, 2.24) is 0 Å². The Balaban J connectivity index is 2.41. The predicted octanol–water partition coefficient (Wildman–Crippen LogP) is 1.92. The quantitative estimate of drug-likeness (QED) is 0.484. The van der Waals surface area contributed by atoms with Crippen molar-refractivity contribution in [3.05, 3.63) is 0 Å². The fourth-order valence-electron chi connectivity index (χ4n) is 1.30. The molecule has 1 fully saturated rings. The van der Waals surface area contributed by atoms with Crippen LogP contribution in [0.15, 0.2) is 0 Å². The van der Waals surface area contributed by atoms with E-state index in [0.29, 0.717) is 0 Å². The summed E-state index contributed by atoms with van der Waals surface area (Å²) in [6.45, 7) is 8.77. The zero-order valence-corrected chi connectivity index (χ0v) is 6.55. The highest BCUT2D eigenvalue weighted by molar-refractivity contribution is 4.71. The van der Waals surface area contributed by atoms with Gasteiger partial charge in [-0.2, -0.15) is 0 Å². The number of hydrogen-bond acceptors (Lipinski definition) is 1. The van der Waals surface area contributed by atoms with Crippen molar-refractivity contribution < 1.29 is 4.74 Å². The minimum atomic E-state index is 0.758. The second-order valence-electron chi connectivity index (χ2n) is 3.35. The first kappa shape index (κ1) is 7.07. The highest BCUT2D eigenvalue weighted by Crippen LogP contribution is 2.25. The van der Waals surface area contributed by atoms with Crippen LogP contribution in [0.3, 0.4) is 0 Å². The van der Waals surface area contributed by atoms with Crippen molar-refractivity contribution in [3.8, 4) is 0 Å². The van der Waals surface area contributed by atoms with Crippen LogP contribution in [-0.4, -0.2) is 13.2 Å². The number of ether oxygens (including phenoxy) is 1. The lowest BCUT2D eigenvalue weighted by atomic mass is 9.84. The van der Waals surface area contributed by atoms with Gasteiger partial charge in [-0.3, -0.25) is 0 Å². The van der Waals surface area contributed by atoms with Gasteiger partial charge in [-0.05, 0) is 17.8 Å². The van der Waals surface area contributed by atoms with Crippen LogP contribution in [0.2, 0.25) is 0 Å². The van der Waals surface area contributed by atoms with Crippen LogP contribution in [0.4, 0.5) is 0 Å². The maximum absolute atomic E-state index is 5.36. The zero-order chi connectivity index (χ0) is 6.85.